The van der Waals surface area contributed by atoms with Gasteiger partial charge in [-0.05, 0) is 40.2 Å². The van der Waals surface area contributed by atoms with Crippen molar-refractivity contribution >= 4 is 55.6 Å². The molecule has 0 fully saturated rings. The maximum Gasteiger partial charge on any atom is 0.129 e. The lowest BCUT2D eigenvalue weighted by Crippen LogP contribution is -2.10. The zero-order valence-electron chi connectivity index (χ0n) is 11.9. The molecule has 1 aromatic carbocycles. The van der Waals surface area contributed by atoms with E-state index in [0.29, 0.717) is 10.0 Å². The minimum Gasteiger partial charge on any atom is -0.375 e. The highest BCUT2D eigenvalue weighted by molar-refractivity contribution is 9.10. The van der Waals surface area contributed by atoms with Crippen molar-refractivity contribution in [2.24, 2.45) is 0 Å². The predicted molar refractivity (Wildman–Crippen MR) is 97.0 cm³/mol. The summed E-state index contributed by atoms with van der Waals surface area (Å²) in [6.07, 6.45) is 3.59. The molecule has 112 valence electrons. The maximum absolute atomic E-state index is 6.11. The molecule has 0 saturated heterocycles. The third-order valence-electron chi connectivity index (χ3n) is 3.33. The standard InChI is InChI=1S/C16H12BrCl2N3/c1-22(2)15-12-3-4-20-14(13(12)8-21-16(15)17)9-5-10(18)7-11(19)6-9/h3-8H,1-2H3. The Bertz CT molecular complexity index is 845. The molecule has 3 rings (SSSR count). The van der Waals surface area contributed by atoms with Gasteiger partial charge in [0, 0.05) is 52.9 Å². The first kappa shape index (κ1) is 15.5. The first-order chi connectivity index (χ1) is 10.5. The quantitative estimate of drug-likeness (QED) is 0.540. The molecule has 3 aromatic rings. The van der Waals surface area contributed by atoms with Crippen LogP contribution < -0.4 is 4.90 Å². The van der Waals surface area contributed by atoms with Gasteiger partial charge in [-0.25, -0.2) is 4.98 Å². The van der Waals surface area contributed by atoms with Crippen molar-refractivity contribution in [2.75, 3.05) is 19.0 Å². The SMILES string of the molecule is CN(C)c1c(Br)ncc2c(-c3cc(Cl)cc(Cl)c3)nccc12. The third kappa shape index (κ3) is 2.78. The fraction of sp³-hybridized carbons (Fsp3) is 0.125. The lowest BCUT2D eigenvalue weighted by atomic mass is 10.0. The van der Waals surface area contributed by atoms with Crippen molar-refractivity contribution in [2.45, 2.75) is 0 Å². The Balaban J connectivity index is 2.34. The Labute approximate surface area is 147 Å². The van der Waals surface area contributed by atoms with Gasteiger partial charge >= 0.3 is 0 Å². The molecule has 2 aromatic heterocycles. The van der Waals surface area contributed by atoms with Crippen LogP contribution in [0.15, 0.2) is 41.3 Å². The number of pyridine rings is 2. The summed E-state index contributed by atoms with van der Waals surface area (Å²) in [4.78, 5) is 10.9. The third-order valence-corrected chi connectivity index (χ3v) is 4.35. The van der Waals surface area contributed by atoms with Gasteiger partial charge in [0.25, 0.3) is 0 Å². The van der Waals surface area contributed by atoms with E-state index in [9.17, 15) is 0 Å². The lowest BCUT2D eigenvalue weighted by molar-refractivity contribution is 1.11. The topological polar surface area (TPSA) is 29.0 Å². The van der Waals surface area contributed by atoms with Gasteiger partial charge in [0.15, 0.2) is 0 Å². The average Bonchev–Trinajstić information content (AvgIpc) is 2.44. The molecule has 0 amide bonds. The molecular formula is C16H12BrCl2N3. The van der Waals surface area contributed by atoms with Crippen LogP contribution in [0.4, 0.5) is 5.69 Å². The summed E-state index contributed by atoms with van der Waals surface area (Å²) < 4.78 is 0.797. The second kappa shape index (κ2) is 6.03. The molecule has 2 heterocycles. The van der Waals surface area contributed by atoms with E-state index >= 15 is 0 Å². The Kier molecular flexibility index (Phi) is 4.26. The van der Waals surface area contributed by atoms with Crippen molar-refractivity contribution in [3.63, 3.8) is 0 Å². The number of rotatable bonds is 2. The van der Waals surface area contributed by atoms with Crippen LogP contribution in [-0.4, -0.2) is 24.1 Å². The van der Waals surface area contributed by atoms with E-state index in [1.54, 1.807) is 12.3 Å². The second-order valence-corrected chi connectivity index (χ2v) is 6.69. The fourth-order valence-corrected chi connectivity index (χ4v) is 3.65. The first-order valence-corrected chi connectivity index (χ1v) is 8.09. The van der Waals surface area contributed by atoms with Gasteiger partial charge in [-0.2, -0.15) is 0 Å². The van der Waals surface area contributed by atoms with Gasteiger partial charge in [-0.3, -0.25) is 4.98 Å². The number of hydrogen-bond donors (Lipinski definition) is 0. The van der Waals surface area contributed by atoms with Crippen LogP contribution in [0.25, 0.3) is 22.0 Å². The molecule has 0 bridgehead atoms. The van der Waals surface area contributed by atoms with Gasteiger partial charge in [-0.15, -0.1) is 0 Å². The van der Waals surface area contributed by atoms with Crippen molar-refractivity contribution in [1.82, 2.24) is 9.97 Å². The zero-order valence-corrected chi connectivity index (χ0v) is 15.0. The molecular weight excluding hydrogens is 385 g/mol. The number of fused-ring (bicyclic) bond motifs is 1. The van der Waals surface area contributed by atoms with E-state index in [2.05, 4.69) is 25.9 Å². The van der Waals surface area contributed by atoms with Gasteiger partial charge in [0.2, 0.25) is 0 Å². The maximum atomic E-state index is 6.11. The molecule has 0 unspecified atom stereocenters. The molecule has 0 atom stereocenters. The summed E-state index contributed by atoms with van der Waals surface area (Å²) in [6.45, 7) is 0. The Morgan fingerprint density at radius 3 is 2.32 bits per heavy atom. The number of benzene rings is 1. The van der Waals surface area contributed by atoms with Crippen LogP contribution in [0, 0.1) is 0 Å². The van der Waals surface area contributed by atoms with Crippen LogP contribution in [-0.2, 0) is 0 Å². The molecule has 0 saturated carbocycles. The molecule has 0 radical (unpaired) electrons. The monoisotopic (exact) mass is 395 g/mol. The highest BCUT2D eigenvalue weighted by atomic mass is 79.9. The lowest BCUT2D eigenvalue weighted by Gasteiger charge is -2.17. The van der Waals surface area contributed by atoms with Crippen molar-refractivity contribution in [1.29, 1.82) is 0 Å². The van der Waals surface area contributed by atoms with Gasteiger partial charge in [-0.1, -0.05) is 23.2 Å². The largest absolute Gasteiger partial charge is 0.375 e. The minimum atomic E-state index is 0.583. The molecule has 22 heavy (non-hydrogen) atoms. The number of halogens is 3. The van der Waals surface area contributed by atoms with Crippen LogP contribution in [0.1, 0.15) is 0 Å². The normalized spacial score (nSPS) is 11.0. The van der Waals surface area contributed by atoms with E-state index in [0.717, 1.165) is 32.3 Å². The summed E-state index contributed by atoms with van der Waals surface area (Å²) in [5, 5.41) is 3.18. The summed E-state index contributed by atoms with van der Waals surface area (Å²) in [5.74, 6) is 0. The molecule has 0 aliphatic heterocycles. The van der Waals surface area contributed by atoms with Crippen LogP contribution >= 0.6 is 39.1 Å². The number of hydrogen-bond acceptors (Lipinski definition) is 3. The number of aromatic nitrogens is 2. The van der Waals surface area contributed by atoms with Gasteiger partial charge in [0.1, 0.15) is 4.60 Å². The second-order valence-electron chi connectivity index (χ2n) is 5.07. The summed E-state index contributed by atoms with van der Waals surface area (Å²) in [6, 6.07) is 7.39. The fourth-order valence-electron chi connectivity index (χ4n) is 2.45. The summed E-state index contributed by atoms with van der Waals surface area (Å²) >= 11 is 15.7. The van der Waals surface area contributed by atoms with Crippen molar-refractivity contribution in [3.05, 3.63) is 51.3 Å². The summed E-state index contributed by atoms with van der Waals surface area (Å²) in [7, 11) is 3.97. The van der Waals surface area contributed by atoms with E-state index in [4.69, 9.17) is 23.2 Å². The molecule has 3 nitrogen and oxygen atoms in total. The number of anilines is 1. The Hall–Kier alpha value is -1.36. The molecule has 0 spiro atoms. The van der Waals surface area contributed by atoms with E-state index in [1.807, 2.05) is 43.4 Å². The van der Waals surface area contributed by atoms with Crippen molar-refractivity contribution in [3.8, 4) is 11.3 Å². The Morgan fingerprint density at radius 1 is 1.00 bits per heavy atom. The highest BCUT2D eigenvalue weighted by Gasteiger charge is 2.14. The van der Waals surface area contributed by atoms with Gasteiger partial charge in [0.05, 0.1) is 11.4 Å². The van der Waals surface area contributed by atoms with Gasteiger partial charge < -0.3 is 4.90 Å². The minimum absolute atomic E-state index is 0.583. The molecule has 0 N–H and O–H groups in total. The van der Waals surface area contributed by atoms with Crippen LogP contribution in [0.2, 0.25) is 10.0 Å². The molecule has 6 heteroatoms. The molecule has 0 aliphatic carbocycles. The van der Waals surface area contributed by atoms with E-state index in [-0.39, 0.29) is 0 Å². The molecule has 0 aliphatic rings. The predicted octanol–water partition coefficient (Wildman–Crippen LogP) is 5.43. The highest BCUT2D eigenvalue weighted by Crippen LogP contribution is 2.36. The first-order valence-electron chi connectivity index (χ1n) is 6.54. The van der Waals surface area contributed by atoms with Crippen molar-refractivity contribution < 1.29 is 0 Å². The zero-order chi connectivity index (χ0) is 15.9. The number of nitrogens with zero attached hydrogens (tertiary/aromatic N) is 3. The van der Waals surface area contributed by atoms with Crippen LogP contribution in [0.3, 0.4) is 0 Å². The van der Waals surface area contributed by atoms with E-state index in [1.165, 1.54) is 0 Å². The van der Waals surface area contributed by atoms with Crippen LogP contribution in [0.5, 0.6) is 0 Å². The smallest absolute Gasteiger partial charge is 0.129 e. The summed E-state index contributed by atoms with van der Waals surface area (Å²) in [5.41, 5.74) is 2.69. The average molecular weight is 397 g/mol. The Morgan fingerprint density at radius 2 is 1.68 bits per heavy atom. The van der Waals surface area contributed by atoms with E-state index < -0.39 is 0 Å².